The van der Waals surface area contributed by atoms with Crippen LogP contribution in [0.3, 0.4) is 0 Å². The third-order valence-electron chi connectivity index (χ3n) is 2.36. The van der Waals surface area contributed by atoms with Crippen LogP contribution < -0.4 is 4.90 Å². The molecule has 88 valence electrons. The molecule has 0 aromatic heterocycles. The van der Waals surface area contributed by atoms with Crippen LogP contribution in [-0.2, 0) is 4.79 Å². The van der Waals surface area contributed by atoms with Gasteiger partial charge in [0.1, 0.15) is 5.82 Å². The van der Waals surface area contributed by atoms with Crippen molar-refractivity contribution in [3.05, 3.63) is 30.1 Å². The summed E-state index contributed by atoms with van der Waals surface area (Å²) in [6.07, 6.45) is 1.94. The topological polar surface area (TPSA) is 20.3 Å². The van der Waals surface area contributed by atoms with Gasteiger partial charge in [0.05, 0.1) is 5.69 Å². The maximum atomic E-state index is 13.4. The lowest BCUT2D eigenvalue weighted by molar-refractivity contribution is -0.118. The number of amides is 1. The van der Waals surface area contributed by atoms with Gasteiger partial charge in [-0.15, -0.1) is 11.6 Å². The largest absolute Gasteiger partial charge is 0.313 e. The molecule has 1 amide bonds. The number of nitrogens with zero attached hydrogens (tertiary/aromatic N) is 1. The Morgan fingerprint density at radius 3 is 2.69 bits per heavy atom. The number of rotatable bonds is 5. The molecule has 1 rings (SSSR count). The quantitative estimate of drug-likeness (QED) is 0.575. The van der Waals surface area contributed by atoms with Crippen LogP contribution >= 0.6 is 11.6 Å². The Kier molecular flexibility index (Phi) is 5.26. The van der Waals surface area contributed by atoms with Gasteiger partial charge in [0.2, 0.25) is 5.91 Å². The Hall–Kier alpha value is -1.09. The predicted octanol–water partition coefficient (Wildman–Crippen LogP) is 3.20. The molecular formula is C12H15ClFNO. The first-order valence-electron chi connectivity index (χ1n) is 5.24. The van der Waals surface area contributed by atoms with Gasteiger partial charge in [-0.1, -0.05) is 12.1 Å². The van der Waals surface area contributed by atoms with E-state index in [1.165, 1.54) is 11.0 Å². The van der Waals surface area contributed by atoms with Gasteiger partial charge in [0, 0.05) is 19.3 Å². The zero-order valence-corrected chi connectivity index (χ0v) is 10.0. The second-order valence-corrected chi connectivity index (χ2v) is 3.93. The summed E-state index contributed by atoms with van der Waals surface area (Å²) in [5.74, 6) is 0.0855. The van der Waals surface area contributed by atoms with E-state index in [0.29, 0.717) is 18.0 Å². The van der Waals surface area contributed by atoms with E-state index >= 15 is 0 Å². The lowest BCUT2D eigenvalue weighted by atomic mass is 10.2. The molecule has 0 radical (unpaired) electrons. The fourth-order valence-corrected chi connectivity index (χ4v) is 1.59. The molecule has 0 aliphatic carbocycles. The highest BCUT2D eigenvalue weighted by atomic mass is 35.5. The number of anilines is 1. The number of hydrogen-bond acceptors (Lipinski definition) is 1. The minimum Gasteiger partial charge on any atom is -0.313 e. The molecule has 1 aromatic carbocycles. The molecule has 0 aliphatic heterocycles. The van der Waals surface area contributed by atoms with Crippen LogP contribution in [-0.4, -0.2) is 18.8 Å². The normalized spacial score (nSPS) is 10.2. The van der Waals surface area contributed by atoms with Crippen LogP contribution in [0, 0.1) is 5.82 Å². The van der Waals surface area contributed by atoms with Crippen LogP contribution in [0.15, 0.2) is 24.3 Å². The molecule has 16 heavy (non-hydrogen) atoms. The second-order valence-electron chi connectivity index (χ2n) is 3.55. The van der Waals surface area contributed by atoms with Crippen molar-refractivity contribution >= 4 is 23.2 Å². The Morgan fingerprint density at radius 2 is 2.06 bits per heavy atom. The lowest BCUT2D eigenvalue weighted by Crippen LogP contribution is -2.26. The Balaban J connectivity index is 2.60. The molecule has 0 N–H and O–H groups in total. The van der Waals surface area contributed by atoms with Crippen molar-refractivity contribution in [1.29, 1.82) is 0 Å². The molecule has 0 bridgehead atoms. The van der Waals surface area contributed by atoms with Gasteiger partial charge >= 0.3 is 0 Å². The van der Waals surface area contributed by atoms with Crippen molar-refractivity contribution in [1.82, 2.24) is 0 Å². The zero-order chi connectivity index (χ0) is 12.0. The number of carbonyl (C=O) groups is 1. The standard InChI is InChI=1S/C12H15ClFNO/c1-15(12(16)8-4-5-9-13)11-7-3-2-6-10(11)14/h2-3,6-7H,4-5,8-9H2,1H3. The third kappa shape index (κ3) is 3.49. The molecule has 0 saturated carbocycles. The van der Waals surface area contributed by atoms with E-state index in [1.807, 2.05) is 0 Å². The second kappa shape index (κ2) is 6.48. The fraction of sp³-hybridized carbons (Fsp3) is 0.417. The molecule has 0 aliphatic rings. The smallest absolute Gasteiger partial charge is 0.226 e. The van der Waals surface area contributed by atoms with Crippen molar-refractivity contribution in [2.75, 3.05) is 17.8 Å². The van der Waals surface area contributed by atoms with Crippen molar-refractivity contribution in [3.63, 3.8) is 0 Å². The molecule has 2 nitrogen and oxygen atoms in total. The first-order chi connectivity index (χ1) is 7.66. The SMILES string of the molecule is CN(C(=O)CCCCCl)c1ccccc1F. The number of halogens is 2. The van der Waals surface area contributed by atoms with E-state index in [9.17, 15) is 9.18 Å². The van der Waals surface area contributed by atoms with Gasteiger partial charge in [-0.05, 0) is 25.0 Å². The molecule has 1 aromatic rings. The van der Waals surface area contributed by atoms with Gasteiger partial charge in [-0.3, -0.25) is 4.79 Å². The maximum Gasteiger partial charge on any atom is 0.226 e. The monoisotopic (exact) mass is 243 g/mol. The number of carbonyl (C=O) groups excluding carboxylic acids is 1. The summed E-state index contributed by atoms with van der Waals surface area (Å²) < 4.78 is 13.4. The van der Waals surface area contributed by atoms with Crippen LogP contribution in [0.1, 0.15) is 19.3 Å². The first kappa shape index (κ1) is 13.0. The number of unbranched alkanes of at least 4 members (excludes halogenated alkanes) is 1. The van der Waals surface area contributed by atoms with Crippen molar-refractivity contribution in [2.24, 2.45) is 0 Å². The average Bonchev–Trinajstić information content (AvgIpc) is 2.29. The summed E-state index contributed by atoms with van der Waals surface area (Å²) in [4.78, 5) is 13.0. The van der Waals surface area contributed by atoms with Crippen LogP contribution in [0.2, 0.25) is 0 Å². The van der Waals surface area contributed by atoms with Gasteiger partial charge in [0.15, 0.2) is 0 Å². The lowest BCUT2D eigenvalue weighted by Gasteiger charge is -2.17. The summed E-state index contributed by atoms with van der Waals surface area (Å²) in [7, 11) is 1.58. The number of alkyl halides is 1. The third-order valence-corrected chi connectivity index (χ3v) is 2.63. The van der Waals surface area contributed by atoms with Crippen LogP contribution in [0.5, 0.6) is 0 Å². The van der Waals surface area contributed by atoms with E-state index < -0.39 is 0 Å². The Morgan fingerprint density at radius 1 is 1.38 bits per heavy atom. The molecule has 0 atom stereocenters. The van der Waals surface area contributed by atoms with Gasteiger partial charge in [0.25, 0.3) is 0 Å². The molecule has 0 heterocycles. The molecular weight excluding hydrogens is 229 g/mol. The van der Waals surface area contributed by atoms with Gasteiger partial charge < -0.3 is 4.90 Å². The Labute approximate surface area is 100 Å². The summed E-state index contributed by atoms with van der Waals surface area (Å²) in [6.45, 7) is 0. The van der Waals surface area contributed by atoms with E-state index in [1.54, 1.807) is 25.2 Å². The molecule has 0 fully saturated rings. The van der Waals surface area contributed by atoms with Crippen molar-refractivity contribution in [3.8, 4) is 0 Å². The highest BCUT2D eigenvalue weighted by Crippen LogP contribution is 2.18. The summed E-state index contributed by atoms with van der Waals surface area (Å²) in [5, 5.41) is 0. The van der Waals surface area contributed by atoms with Crippen LogP contribution in [0.4, 0.5) is 10.1 Å². The highest BCUT2D eigenvalue weighted by Gasteiger charge is 2.13. The minimum atomic E-state index is -0.379. The van der Waals surface area contributed by atoms with Gasteiger partial charge in [-0.25, -0.2) is 4.39 Å². The Bertz CT molecular complexity index is 357. The van der Waals surface area contributed by atoms with E-state index in [2.05, 4.69) is 0 Å². The minimum absolute atomic E-state index is 0.0878. The average molecular weight is 244 g/mol. The predicted molar refractivity (Wildman–Crippen MR) is 64.4 cm³/mol. The fourth-order valence-electron chi connectivity index (χ4n) is 1.40. The van der Waals surface area contributed by atoms with Crippen LogP contribution in [0.25, 0.3) is 0 Å². The van der Waals surface area contributed by atoms with Gasteiger partial charge in [-0.2, -0.15) is 0 Å². The molecule has 0 saturated heterocycles. The number of hydrogen-bond donors (Lipinski definition) is 0. The maximum absolute atomic E-state index is 13.4. The summed E-state index contributed by atoms with van der Waals surface area (Å²) >= 11 is 5.52. The van der Waals surface area contributed by atoms with Crippen molar-refractivity contribution < 1.29 is 9.18 Å². The van der Waals surface area contributed by atoms with E-state index in [-0.39, 0.29) is 11.7 Å². The molecule has 0 spiro atoms. The highest BCUT2D eigenvalue weighted by molar-refractivity contribution is 6.17. The number of para-hydroxylation sites is 1. The zero-order valence-electron chi connectivity index (χ0n) is 9.25. The summed E-state index contributed by atoms with van der Waals surface area (Å²) in [5.41, 5.74) is 0.318. The van der Waals surface area contributed by atoms with E-state index in [4.69, 9.17) is 11.6 Å². The molecule has 4 heteroatoms. The number of benzene rings is 1. The van der Waals surface area contributed by atoms with E-state index in [0.717, 1.165) is 12.8 Å². The summed E-state index contributed by atoms with van der Waals surface area (Å²) in [6, 6.07) is 6.25. The van der Waals surface area contributed by atoms with Crippen molar-refractivity contribution in [2.45, 2.75) is 19.3 Å². The molecule has 0 unspecified atom stereocenters. The first-order valence-corrected chi connectivity index (χ1v) is 5.77.